The standard InChI is InChI=1S/C22H23N3O5S/c1-16-4-10-19(11-5-16)31(29,30)25-13-12-23-22(28)20(25)15-21(27)24-18-8-6-17(7-9-18)3-2-14-26/h4-14,20H,2-3,15H2,1H3,(H,23,28)(H,24,27)/t20-/m1/s1. The molecule has 1 atom stereocenters. The molecule has 2 aromatic carbocycles. The maximum atomic E-state index is 13.1. The summed E-state index contributed by atoms with van der Waals surface area (Å²) < 4.78 is 27.0. The average molecular weight is 442 g/mol. The van der Waals surface area contributed by atoms with E-state index in [1.54, 1.807) is 36.4 Å². The smallest absolute Gasteiger partial charge is 0.264 e. The number of nitrogens with zero attached hydrogens (tertiary/aromatic N) is 1. The summed E-state index contributed by atoms with van der Waals surface area (Å²) in [6.07, 6.45) is 4.00. The number of carbonyl (C=O) groups excluding carboxylic acids is 3. The number of hydrogen-bond acceptors (Lipinski definition) is 5. The van der Waals surface area contributed by atoms with Gasteiger partial charge >= 0.3 is 0 Å². The lowest BCUT2D eigenvalue weighted by Gasteiger charge is -2.31. The molecule has 0 aromatic heterocycles. The van der Waals surface area contributed by atoms with Crippen LogP contribution in [0.4, 0.5) is 5.69 Å². The Morgan fingerprint density at radius 1 is 1.13 bits per heavy atom. The number of nitrogens with one attached hydrogen (secondary N) is 2. The predicted octanol–water partition coefficient (Wildman–Crippen LogP) is 2.12. The van der Waals surface area contributed by atoms with E-state index in [0.29, 0.717) is 18.5 Å². The zero-order valence-corrected chi connectivity index (χ0v) is 17.8. The second-order valence-corrected chi connectivity index (χ2v) is 8.99. The van der Waals surface area contributed by atoms with Crippen molar-refractivity contribution in [3.63, 3.8) is 0 Å². The summed E-state index contributed by atoms with van der Waals surface area (Å²) in [5.74, 6) is -1.09. The minimum atomic E-state index is -4.02. The molecule has 0 bridgehead atoms. The number of anilines is 1. The molecule has 2 amide bonds. The highest BCUT2D eigenvalue weighted by atomic mass is 32.2. The van der Waals surface area contributed by atoms with E-state index in [-0.39, 0.29) is 11.3 Å². The van der Waals surface area contributed by atoms with Gasteiger partial charge in [0.1, 0.15) is 12.3 Å². The molecule has 0 fully saturated rings. The van der Waals surface area contributed by atoms with Crippen LogP contribution in [0.15, 0.2) is 65.8 Å². The number of benzene rings is 2. The first kappa shape index (κ1) is 22.2. The second-order valence-electron chi connectivity index (χ2n) is 7.14. The summed E-state index contributed by atoms with van der Waals surface area (Å²) in [7, 11) is -4.02. The van der Waals surface area contributed by atoms with Crippen molar-refractivity contribution in [3.8, 4) is 0 Å². The third-order valence-electron chi connectivity index (χ3n) is 4.82. The molecule has 1 heterocycles. The normalized spacial score (nSPS) is 16.0. The quantitative estimate of drug-likeness (QED) is 0.610. The minimum absolute atomic E-state index is 0.0359. The van der Waals surface area contributed by atoms with E-state index in [2.05, 4.69) is 10.6 Å². The lowest BCUT2D eigenvalue weighted by molar-refractivity contribution is -0.127. The SMILES string of the molecule is Cc1ccc(S(=O)(=O)N2C=CNC(=O)[C@H]2CC(=O)Nc2ccc(CCC=O)cc2)cc1. The Hall–Kier alpha value is -3.46. The van der Waals surface area contributed by atoms with Gasteiger partial charge in [0.25, 0.3) is 10.0 Å². The second kappa shape index (κ2) is 9.57. The monoisotopic (exact) mass is 441 g/mol. The maximum absolute atomic E-state index is 13.1. The summed E-state index contributed by atoms with van der Waals surface area (Å²) in [6.45, 7) is 1.84. The van der Waals surface area contributed by atoms with Crippen LogP contribution in [-0.4, -0.2) is 36.9 Å². The molecule has 162 valence electrons. The fourth-order valence-corrected chi connectivity index (χ4v) is 4.59. The molecular formula is C22H23N3O5S. The Labute approximate surface area is 181 Å². The van der Waals surface area contributed by atoms with Crippen molar-refractivity contribution in [2.45, 2.75) is 37.1 Å². The van der Waals surface area contributed by atoms with Crippen LogP contribution in [0.2, 0.25) is 0 Å². The molecule has 0 aliphatic carbocycles. The van der Waals surface area contributed by atoms with E-state index >= 15 is 0 Å². The zero-order chi connectivity index (χ0) is 22.4. The van der Waals surface area contributed by atoms with Gasteiger partial charge in [0.05, 0.1) is 11.3 Å². The van der Waals surface area contributed by atoms with Crippen molar-refractivity contribution >= 4 is 33.8 Å². The number of hydrogen-bond donors (Lipinski definition) is 2. The number of aryl methyl sites for hydroxylation is 2. The fourth-order valence-electron chi connectivity index (χ4n) is 3.14. The van der Waals surface area contributed by atoms with E-state index in [0.717, 1.165) is 21.7 Å². The highest BCUT2D eigenvalue weighted by Gasteiger charge is 2.36. The molecule has 0 saturated carbocycles. The molecule has 2 aromatic rings. The van der Waals surface area contributed by atoms with Crippen molar-refractivity contribution < 1.29 is 22.8 Å². The maximum Gasteiger partial charge on any atom is 0.264 e. The van der Waals surface area contributed by atoms with E-state index in [1.807, 2.05) is 6.92 Å². The van der Waals surface area contributed by atoms with Crippen molar-refractivity contribution in [1.82, 2.24) is 9.62 Å². The third kappa shape index (κ3) is 5.37. The van der Waals surface area contributed by atoms with Gasteiger partial charge in [-0.3, -0.25) is 13.9 Å². The number of aldehydes is 1. The Balaban J connectivity index is 1.74. The lowest BCUT2D eigenvalue weighted by atomic mass is 10.1. The van der Waals surface area contributed by atoms with Crippen LogP contribution in [0.25, 0.3) is 0 Å². The minimum Gasteiger partial charge on any atom is -0.329 e. The van der Waals surface area contributed by atoms with Crippen LogP contribution in [0.1, 0.15) is 24.0 Å². The zero-order valence-electron chi connectivity index (χ0n) is 16.9. The van der Waals surface area contributed by atoms with Crippen molar-refractivity contribution in [1.29, 1.82) is 0 Å². The summed E-state index contributed by atoms with van der Waals surface area (Å²) in [5, 5.41) is 5.14. The van der Waals surface area contributed by atoms with Gasteiger partial charge in [-0.2, -0.15) is 0 Å². The summed E-state index contributed by atoms with van der Waals surface area (Å²) >= 11 is 0. The molecule has 0 radical (unpaired) electrons. The van der Waals surface area contributed by atoms with E-state index in [9.17, 15) is 22.8 Å². The highest BCUT2D eigenvalue weighted by molar-refractivity contribution is 7.89. The van der Waals surface area contributed by atoms with Crippen molar-refractivity contribution in [2.24, 2.45) is 0 Å². The van der Waals surface area contributed by atoms with Crippen LogP contribution in [0, 0.1) is 6.92 Å². The van der Waals surface area contributed by atoms with Gasteiger partial charge in [0.2, 0.25) is 11.8 Å². The fraction of sp³-hybridized carbons (Fsp3) is 0.227. The van der Waals surface area contributed by atoms with E-state index in [1.165, 1.54) is 24.5 Å². The van der Waals surface area contributed by atoms with Crippen LogP contribution in [0.5, 0.6) is 0 Å². The third-order valence-corrected chi connectivity index (χ3v) is 6.62. The van der Waals surface area contributed by atoms with Crippen LogP contribution >= 0.6 is 0 Å². The summed E-state index contributed by atoms with van der Waals surface area (Å²) in [6, 6.07) is 12.0. The Morgan fingerprint density at radius 2 is 1.81 bits per heavy atom. The lowest BCUT2D eigenvalue weighted by Crippen LogP contribution is -2.50. The Kier molecular flexibility index (Phi) is 6.86. The average Bonchev–Trinajstić information content (AvgIpc) is 2.75. The first-order valence-electron chi connectivity index (χ1n) is 9.71. The van der Waals surface area contributed by atoms with E-state index in [4.69, 9.17) is 0 Å². The first-order chi connectivity index (χ1) is 14.8. The van der Waals surface area contributed by atoms with Gasteiger partial charge in [-0.15, -0.1) is 0 Å². The highest BCUT2D eigenvalue weighted by Crippen LogP contribution is 2.23. The predicted molar refractivity (Wildman–Crippen MR) is 115 cm³/mol. The number of carbonyl (C=O) groups is 3. The van der Waals surface area contributed by atoms with Gasteiger partial charge < -0.3 is 15.4 Å². The van der Waals surface area contributed by atoms with Gasteiger partial charge in [-0.05, 0) is 43.2 Å². The summed E-state index contributed by atoms with van der Waals surface area (Å²) in [5.41, 5.74) is 2.37. The van der Waals surface area contributed by atoms with Crippen molar-refractivity contribution in [3.05, 3.63) is 72.1 Å². The number of sulfonamides is 1. The molecule has 0 spiro atoms. The Morgan fingerprint density at radius 3 is 2.45 bits per heavy atom. The van der Waals surface area contributed by atoms with E-state index < -0.39 is 27.9 Å². The van der Waals surface area contributed by atoms with Crippen molar-refractivity contribution in [2.75, 3.05) is 5.32 Å². The van der Waals surface area contributed by atoms with Gasteiger partial charge in [-0.1, -0.05) is 29.8 Å². The number of amides is 2. The molecule has 1 aliphatic rings. The largest absolute Gasteiger partial charge is 0.329 e. The molecule has 1 aliphatic heterocycles. The molecule has 0 saturated heterocycles. The van der Waals surface area contributed by atoms with Gasteiger partial charge in [0, 0.05) is 24.5 Å². The van der Waals surface area contributed by atoms with Crippen LogP contribution in [-0.2, 0) is 30.8 Å². The molecule has 8 nitrogen and oxygen atoms in total. The number of rotatable bonds is 8. The molecule has 31 heavy (non-hydrogen) atoms. The first-order valence-corrected chi connectivity index (χ1v) is 11.1. The van der Waals surface area contributed by atoms with Gasteiger partial charge in [0.15, 0.2) is 0 Å². The molecule has 0 unspecified atom stereocenters. The summed E-state index contributed by atoms with van der Waals surface area (Å²) in [4.78, 5) is 35.5. The van der Waals surface area contributed by atoms with Crippen LogP contribution < -0.4 is 10.6 Å². The molecule has 3 rings (SSSR count). The topological polar surface area (TPSA) is 113 Å². The molecular weight excluding hydrogens is 418 g/mol. The molecule has 2 N–H and O–H groups in total. The van der Waals surface area contributed by atoms with Crippen LogP contribution in [0.3, 0.4) is 0 Å². The van der Waals surface area contributed by atoms with Gasteiger partial charge in [-0.25, -0.2) is 8.42 Å². The molecule has 9 heteroatoms. The Bertz CT molecular complexity index is 1090.